The summed E-state index contributed by atoms with van der Waals surface area (Å²) in [7, 11) is 0. The van der Waals surface area contributed by atoms with E-state index in [4.69, 9.17) is 5.73 Å². The number of nitrogens with zero attached hydrogens (tertiary/aromatic N) is 1. The molecule has 0 saturated carbocycles. The van der Waals surface area contributed by atoms with Gasteiger partial charge in [-0.3, -0.25) is 4.79 Å². The van der Waals surface area contributed by atoms with Crippen molar-refractivity contribution in [3.05, 3.63) is 20.8 Å². The van der Waals surface area contributed by atoms with Crippen molar-refractivity contribution in [1.29, 1.82) is 0 Å². The maximum Gasteiger partial charge on any atom is 0.265 e. The van der Waals surface area contributed by atoms with Gasteiger partial charge in [-0.25, -0.2) is 0 Å². The van der Waals surface area contributed by atoms with E-state index in [1.54, 1.807) is 0 Å². The Morgan fingerprint density at radius 2 is 2.47 bits per heavy atom. The summed E-state index contributed by atoms with van der Waals surface area (Å²) < 4.78 is 0.880. The zero-order valence-corrected chi connectivity index (χ0v) is 10.8. The average molecular weight is 289 g/mol. The fraction of sp³-hybridized carbons (Fsp3) is 0.500. The second-order valence-corrected chi connectivity index (χ2v) is 5.56. The molecule has 2 N–H and O–H groups in total. The predicted octanol–water partition coefficient (Wildman–Crippen LogP) is 2.07. The van der Waals surface area contributed by atoms with E-state index in [1.807, 2.05) is 23.3 Å². The number of carbonyl (C=O) groups excluding carboxylic acids is 1. The van der Waals surface area contributed by atoms with Crippen LogP contribution >= 0.6 is 27.3 Å². The molecule has 1 aliphatic heterocycles. The Hall–Kier alpha value is -0.390. The molecule has 1 saturated heterocycles. The Balaban J connectivity index is 2.19. The van der Waals surface area contributed by atoms with Crippen LogP contribution in [-0.2, 0) is 0 Å². The van der Waals surface area contributed by atoms with Crippen molar-refractivity contribution in [2.45, 2.75) is 25.4 Å². The minimum absolute atomic E-state index is 0.0947. The summed E-state index contributed by atoms with van der Waals surface area (Å²) in [6, 6.07) is 2.16. The van der Waals surface area contributed by atoms with E-state index in [0.29, 0.717) is 0 Å². The van der Waals surface area contributed by atoms with Crippen LogP contribution in [0, 0.1) is 0 Å². The molecule has 0 aliphatic carbocycles. The lowest BCUT2D eigenvalue weighted by Gasteiger charge is -2.22. The molecule has 3 nitrogen and oxygen atoms in total. The molecule has 2 heterocycles. The molecule has 1 fully saturated rings. The third kappa shape index (κ3) is 1.96. The summed E-state index contributed by atoms with van der Waals surface area (Å²) in [5.74, 6) is 0.0947. The van der Waals surface area contributed by atoms with E-state index >= 15 is 0 Å². The highest BCUT2D eigenvalue weighted by Crippen LogP contribution is 2.27. The lowest BCUT2D eigenvalue weighted by Crippen LogP contribution is -2.40. The first-order valence-corrected chi connectivity index (χ1v) is 6.58. The SMILES string of the molecule is CC1C(N)CCN1C(=O)c1sccc1Br. The van der Waals surface area contributed by atoms with Crippen molar-refractivity contribution in [3.63, 3.8) is 0 Å². The van der Waals surface area contributed by atoms with Crippen LogP contribution in [0.5, 0.6) is 0 Å². The summed E-state index contributed by atoms with van der Waals surface area (Å²) in [5.41, 5.74) is 5.90. The van der Waals surface area contributed by atoms with Crippen molar-refractivity contribution in [1.82, 2.24) is 4.90 Å². The smallest absolute Gasteiger partial charge is 0.265 e. The monoisotopic (exact) mass is 288 g/mol. The third-order valence-corrected chi connectivity index (χ3v) is 4.71. The zero-order chi connectivity index (χ0) is 11.0. The largest absolute Gasteiger partial charge is 0.334 e. The Labute approximate surface area is 101 Å². The molecule has 1 amide bonds. The number of nitrogens with two attached hydrogens (primary N) is 1. The van der Waals surface area contributed by atoms with Crippen molar-refractivity contribution in [2.24, 2.45) is 5.73 Å². The molecule has 82 valence electrons. The van der Waals surface area contributed by atoms with Gasteiger partial charge in [-0.1, -0.05) is 0 Å². The van der Waals surface area contributed by atoms with Gasteiger partial charge in [0.2, 0.25) is 0 Å². The van der Waals surface area contributed by atoms with Crippen molar-refractivity contribution in [2.75, 3.05) is 6.54 Å². The number of amides is 1. The van der Waals surface area contributed by atoms with E-state index in [0.717, 1.165) is 22.3 Å². The number of hydrogen-bond acceptors (Lipinski definition) is 3. The van der Waals surface area contributed by atoms with Gasteiger partial charge < -0.3 is 10.6 Å². The molecule has 0 aromatic carbocycles. The number of carbonyl (C=O) groups is 1. The molecule has 1 aromatic heterocycles. The fourth-order valence-electron chi connectivity index (χ4n) is 1.83. The molecule has 2 rings (SSSR count). The van der Waals surface area contributed by atoms with Gasteiger partial charge in [0, 0.05) is 23.1 Å². The fourth-order valence-corrected chi connectivity index (χ4v) is 3.32. The quantitative estimate of drug-likeness (QED) is 0.860. The van der Waals surface area contributed by atoms with Crippen LogP contribution in [0.4, 0.5) is 0 Å². The predicted molar refractivity (Wildman–Crippen MR) is 65.1 cm³/mol. The van der Waals surface area contributed by atoms with E-state index in [1.165, 1.54) is 11.3 Å². The second kappa shape index (κ2) is 4.23. The molecule has 0 bridgehead atoms. The summed E-state index contributed by atoms with van der Waals surface area (Å²) >= 11 is 4.85. The van der Waals surface area contributed by atoms with Crippen LogP contribution in [0.15, 0.2) is 15.9 Å². The molecule has 1 aliphatic rings. The molecule has 0 spiro atoms. The molecular formula is C10H13BrN2OS. The van der Waals surface area contributed by atoms with Gasteiger partial charge in [0.1, 0.15) is 4.88 Å². The number of hydrogen-bond donors (Lipinski definition) is 1. The minimum atomic E-state index is 0.0947. The van der Waals surface area contributed by atoms with Crippen molar-refractivity contribution < 1.29 is 4.79 Å². The Kier molecular flexibility index (Phi) is 3.13. The Bertz CT molecular complexity index is 379. The first kappa shape index (κ1) is 11.1. The van der Waals surface area contributed by atoms with Crippen LogP contribution in [0.25, 0.3) is 0 Å². The molecule has 0 radical (unpaired) electrons. The summed E-state index contributed by atoms with van der Waals surface area (Å²) in [5, 5.41) is 1.91. The van der Waals surface area contributed by atoms with Gasteiger partial charge in [-0.05, 0) is 40.7 Å². The maximum atomic E-state index is 12.1. The van der Waals surface area contributed by atoms with Gasteiger partial charge in [-0.15, -0.1) is 11.3 Å². The zero-order valence-electron chi connectivity index (χ0n) is 8.44. The first-order valence-electron chi connectivity index (χ1n) is 4.91. The topological polar surface area (TPSA) is 46.3 Å². The highest BCUT2D eigenvalue weighted by atomic mass is 79.9. The molecule has 5 heteroatoms. The molecule has 2 atom stereocenters. The van der Waals surface area contributed by atoms with Crippen LogP contribution in [-0.4, -0.2) is 29.4 Å². The van der Waals surface area contributed by atoms with Gasteiger partial charge in [0.25, 0.3) is 5.91 Å². The normalized spacial score (nSPS) is 25.9. The van der Waals surface area contributed by atoms with Crippen LogP contribution in [0.3, 0.4) is 0 Å². The average Bonchev–Trinajstić information content (AvgIpc) is 2.75. The maximum absolute atomic E-state index is 12.1. The molecule has 1 aromatic rings. The van der Waals surface area contributed by atoms with Gasteiger partial charge in [-0.2, -0.15) is 0 Å². The Morgan fingerprint density at radius 1 is 1.73 bits per heavy atom. The lowest BCUT2D eigenvalue weighted by atomic mass is 10.2. The van der Waals surface area contributed by atoms with Crippen LogP contribution in [0.1, 0.15) is 23.0 Å². The molecule has 2 unspecified atom stereocenters. The van der Waals surface area contributed by atoms with Gasteiger partial charge in [0.05, 0.1) is 0 Å². The number of halogens is 1. The highest BCUT2D eigenvalue weighted by Gasteiger charge is 2.32. The Morgan fingerprint density at radius 3 is 2.93 bits per heavy atom. The summed E-state index contributed by atoms with van der Waals surface area (Å²) in [6.45, 7) is 2.78. The molecule has 15 heavy (non-hydrogen) atoms. The summed E-state index contributed by atoms with van der Waals surface area (Å²) in [6.07, 6.45) is 0.899. The van der Waals surface area contributed by atoms with E-state index < -0.39 is 0 Å². The highest BCUT2D eigenvalue weighted by molar-refractivity contribution is 9.10. The minimum Gasteiger partial charge on any atom is -0.334 e. The van der Waals surface area contributed by atoms with Gasteiger partial charge in [0.15, 0.2) is 0 Å². The third-order valence-electron chi connectivity index (χ3n) is 2.89. The number of rotatable bonds is 1. The van der Waals surface area contributed by atoms with Crippen molar-refractivity contribution >= 4 is 33.2 Å². The summed E-state index contributed by atoms with van der Waals surface area (Å²) in [4.78, 5) is 14.8. The number of thiophene rings is 1. The number of likely N-dealkylation sites (tertiary alicyclic amines) is 1. The van der Waals surface area contributed by atoms with E-state index in [-0.39, 0.29) is 18.0 Å². The van der Waals surface area contributed by atoms with E-state index in [2.05, 4.69) is 15.9 Å². The van der Waals surface area contributed by atoms with Crippen LogP contribution in [0.2, 0.25) is 0 Å². The van der Waals surface area contributed by atoms with Crippen molar-refractivity contribution in [3.8, 4) is 0 Å². The van der Waals surface area contributed by atoms with Crippen LogP contribution < -0.4 is 5.73 Å². The van der Waals surface area contributed by atoms with Gasteiger partial charge >= 0.3 is 0 Å². The lowest BCUT2D eigenvalue weighted by molar-refractivity contribution is 0.0746. The standard InChI is InChI=1S/C10H13BrN2OS/c1-6-8(12)2-4-13(6)10(14)9-7(11)3-5-15-9/h3,5-6,8H,2,4,12H2,1H3. The second-order valence-electron chi connectivity index (χ2n) is 3.79. The first-order chi connectivity index (χ1) is 7.11. The van der Waals surface area contributed by atoms with E-state index in [9.17, 15) is 4.79 Å². The molecular weight excluding hydrogens is 276 g/mol.